The number of Topliss-reactive ketones (excluding diaryl/α,β-unsaturated/α-hetero) is 1. The molecule has 2 aromatic rings. The number of ketones is 1. The van der Waals surface area contributed by atoms with Crippen molar-refractivity contribution in [1.82, 2.24) is 10.3 Å². The van der Waals surface area contributed by atoms with E-state index in [0.29, 0.717) is 23.4 Å². The van der Waals surface area contributed by atoms with Crippen molar-refractivity contribution in [3.8, 4) is 0 Å². The van der Waals surface area contributed by atoms with Gasteiger partial charge in [0.2, 0.25) is 0 Å². The molecule has 1 heterocycles. The highest BCUT2D eigenvalue weighted by Gasteiger charge is 2.12. The maximum absolute atomic E-state index is 12.4. The molecule has 136 valence electrons. The molecule has 6 heteroatoms. The molecule has 0 fully saturated rings. The highest BCUT2D eigenvalue weighted by Crippen LogP contribution is 2.13. The average molecular weight is 353 g/mol. The van der Waals surface area contributed by atoms with E-state index >= 15 is 0 Å². The lowest BCUT2D eigenvalue weighted by molar-refractivity contribution is 0.0951. The van der Waals surface area contributed by atoms with Crippen LogP contribution in [0.5, 0.6) is 0 Å². The topological polar surface area (TPSA) is 88.2 Å². The van der Waals surface area contributed by atoms with E-state index in [4.69, 9.17) is 0 Å². The molecule has 2 amide bonds. The fourth-order valence-corrected chi connectivity index (χ4v) is 2.39. The molecule has 0 saturated carbocycles. The standard InChI is InChI=1S/C20H23N3O3/c1-3-4-5-10-22-19(25)16-9-11-21-18(13-16)20(26)23-17-8-6-7-15(12-17)14(2)24/h6-9,11-13H,3-5,10H2,1-2H3,(H,22,25)(H,23,26). The first-order valence-corrected chi connectivity index (χ1v) is 8.68. The molecule has 0 saturated heterocycles. The molecule has 1 aromatic heterocycles. The van der Waals surface area contributed by atoms with Gasteiger partial charge in [-0.2, -0.15) is 0 Å². The molecule has 6 nitrogen and oxygen atoms in total. The van der Waals surface area contributed by atoms with Gasteiger partial charge in [-0.05, 0) is 37.6 Å². The summed E-state index contributed by atoms with van der Waals surface area (Å²) in [5, 5.41) is 5.53. The van der Waals surface area contributed by atoms with E-state index in [2.05, 4.69) is 22.5 Å². The Morgan fingerprint density at radius 1 is 1.00 bits per heavy atom. The number of carbonyl (C=O) groups excluding carboxylic acids is 3. The van der Waals surface area contributed by atoms with Crippen molar-refractivity contribution in [2.24, 2.45) is 0 Å². The minimum atomic E-state index is -0.439. The van der Waals surface area contributed by atoms with E-state index in [1.165, 1.54) is 19.2 Å². The number of nitrogens with one attached hydrogen (secondary N) is 2. The van der Waals surface area contributed by atoms with Gasteiger partial charge in [-0.25, -0.2) is 0 Å². The Balaban J connectivity index is 2.04. The smallest absolute Gasteiger partial charge is 0.274 e. The van der Waals surface area contributed by atoms with E-state index in [0.717, 1.165) is 19.3 Å². The quantitative estimate of drug-likeness (QED) is 0.562. The van der Waals surface area contributed by atoms with Gasteiger partial charge in [-0.3, -0.25) is 19.4 Å². The van der Waals surface area contributed by atoms with Crippen LogP contribution in [0.4, 0.5) is 5.69 Å². The summed E-state index contributed by atoms with van der Waals surface area (Å²) in [6, 6.07) is 9.69. The number of nitrogens with zero attached hydrogens (tertiary/aromatic N) is 1. The summed E-state index contributed by atoms with van der Waals surface area (Å²) < 4.78 is 0. The number of carbonyl (C=O) groups is 3. The SMILES string of the molecule is CCCCCNC(=O)c1ccnc(C(=O)Nc2cccc(C(C)=O)c2)c1. The number of pyridine rings is 1. The van der Waals surface area contributed by atoms with Gasteiger partial charge in [0.05, 0.1) is 0 Å². The number of benzene rings is 1. The Bertz CT molecular complexity index is 802. The maximum atomic E-state index is 12.4. The van der Waals surface area contributed by atoms with Crippen LogP contribution in [0.2, 0.25) is 0 Å². The van der Waals surface area contributed by atoms with Crippen molar-refractivity contribution in [2.45, 2.75) is 33.1 Å². The largest absolute Gasteiger partial charge is 0.352 e. The molecule has 0 atom stereocenters. The third kappa shape index (κ3) is 5.51. The number of amides is 2. The predicted molar refractivity (Wildman–Crippen MR) is 100 cm³/mol. The molecule has 0 spiro atoms. The number of aromatic nitrogens is 1. The van der Waals surface area contributed by atoms with E-state index in [1.807, 2.05) is 0 Å². The Labute approximate surface area is 153 Å². The number of unbranched alkanes of at least 4 members (excludes halogenated alkanes) is 2. The normalized spacial score (nSPS) is 10.2. The number of rotatable bonds is 8. The number of hydrogen-bond acceptors (Lipinski definition) is 4. The van der Waals surface area contributed by atoms with E-state index in [9.17, 15) is 14.4 Å². The van der Waals surface area contributed by atoms with Crippen molar-refractivity contribution in [1.29, 1.82) is 0 Å². The van der Waals surface area contributed by atoms with Crippen molar-refractivity contribution in [3.63, 3.8) is 0 Å². The van der Waals surface area contributed by atoms with Gasteiger partial charge in [0.25, 0.3) is 11.8 Å². The van der Waals surface area contributed by atoms with E-state index < -0.39 is 5.91 Å². The lowest BCUT2D eigenvalue weighted by atomic mass is 10.1. The Kier molecular flexibility index (Phi) is 7.02. The van der Waals surface area contributed by atoms with Crippen molar-refractivity contribution in [3.05, 3.63) is 59.4 Å². The van der Waals surface area contributed by atoms with Gasteiger partial charge < -0.3 is 10.6 Å². The summed E-state index contributed by atoms with van der Waals surface area (Å²) in [4.78, 5) is 40.0. The van der Waals surface area contributed by atoms with Gasteiger partial charge in [0.15, 0.2) is 5.78 Å². The average Bonchev–Trinajstić information content (AvgIpc) is 2.65. The van der Waals surface area contributed by atoms with Crippen LogP contribution < -0.4 is 10.6 Å². The molecule has 0 unspecified atom stereocenters. The monoisotopic (exact) mass is 353 g/mol. The molecule has 2 rings (SSSR count). The first kappa shape index (κ1) is 19.3. The van der Waals surface area contributed by atoms with Crippen molar-refractivity contribution >= 4 is 23.3 Å². The maximum Gasteiger partial charge on any atom is 0.274 e. The second-order valence-electron chi connectivity index (χ2n) is 5.98. The molecular weight excluding hydrogens is 330 g/mol. The summed E-state index contributed by atoms with van der Waals surface area (Å²) in [5.41, 5.74) is 1.54. The zero-order valence-corrected chi connectivity index (χ0v) is 15.0. The van der Waals surface area contributed by atoms with Crippen LogP contribution >= 0.6 is 0 Å². The molecule has 26 heavy (non-hydrogen) atoms. The van der Waals surface area contributed by atoms with E-state index in [-0.39, 0.29) is 17.4 Å². The summed E-state index contributed by atoms with van der Waals surface area (Å²) in [6.45, 7) is 4.17. The van der Waals surface area contributed by atoms with Crippen LogP contribution in [0.25, 0.3) is 0 Å². The van der Waals surface area contributed by atoms with Crippen LogP contribution in [-0.2, 0) is 0 Å². The Morgan fingerprint density at radius 3 is 2.54 bits per heavy atom. The van der Waals surface area contributed by atoms with Crippen LogP contribution in [0, 0.1) is 0 Å². The molecule has 0 aliphatic heterocycles. The molecule has 2 N–H and O–H groups in total. The molecular formula is C20H23N3O3. The molecule has 1 aromatic carbocycles. The highest BCUT2D eigenvalue weighted by molar-refractivity contribution is 6.05. The van der Waals surface area contributed by atoms with Crippen LogP contribution in [0.15, 0.2) is 42.6 Å². The summed E-state index contributed by atoms with van der Waals surface area (Å²) in [6.07, 6.45) is 4.50. The van der Waals surface area contributed by atoms with Crippen molar-refractivity contribution < 1.29 is 14.4 Å². The zero-order valence-electron chi connectivity index (χ0n) is 15.0. The molecule has 0 radical (unpaired) electrons. The van der Waals surface area contributed by atoms with Gasteiger partial charge in [-0.15, -0.1) is 0 Å². The summed E-state index contributed by atoms with van der Waals surface area (Å²) in [5.74, 6) is -0.747. The fourth-order valence-electron chi connectivity index (χ4n) is 2.39. The number of hydrogen-bond donors (Lipinski definition) is 2. The summed E-state index contributed by atoms with van der Waals surface area (Å²) in [7, 11) is 0. The van der Waals surface area contributed by atoms with Gasteiger partial charge in [0.1, 0.15) is 5.69 Å². The number of anilines is 1. The lowest BCUT2D eigenvalue weighted by Gasteiger charge is -2.08. The molecule has 0 aliphatic carbocycles. The molecule has 0 aliphatic rings. The van der Waals surface area contributed by atoms with Gasteiger partial charge in [0, 0.05) is 29.6 Å². The highest BCUT2D eigenvalue weighted by atomic mass is 16.2. The third-order valence-electron chi connectivity index (χ3n) is 3.85. The fraction of sp³-hybridized carbons (Fsp3) is 0.300. The lowest BCUT2D eigenvalue weighted by Crippen LogP contribution is -2.25. The summed E-state index contributed by atoms with van der Waals surface area (Å²) >= 11 is 0. The van der Waals surface area contributed by atoms with Gasteiger partial charge >= 0.3 is 0 Å². The second-order valence-corrected chi connectivity index (χ2v) is 5.98. The predicted octanol–water partition coefficient (Wildman–Crippen LogP) is 3.46. The molecule has 0 bridgehead atoms. The van der Waals surface area contributed by atoms with Crippen LogP contribution in [0.1, 0.15) is 64.3 Å². The minimum Gasteiger partial charge on any atom is -0.352 e. The first-order valence-electron chi connectivity index (χ1n) is 8.68. The van der Waals surface area contributed by atoms with Crippen LogP contribution in [-0.4, -0.2) is 29.1 Å². The third-order valence-corrected chi connectivity index (χ3v) is 3.85. The Morgan fingerprint density at radius 2 is 1.81 bits per heavy atom. The van der Waals surface area contributed by atoms with Crippen molar-refractivity contribution in [2.75, 3.05) is 11.9 Å². The van der Waals surface area contributed by atoms with E-state index in [1.54, 1.807) is 30.3 Å². The first-order chi connectivity index (χ1) is 12.5. The second kappa shape index (κ2) is 9.46. The Hall–Kier alpha value is -3.02. The zero-order chi connectivity index (χ0) is 18.9. The minimum absolute atomic E-state index is 0.0824. The van der Waals surface area contributed by atoms with Crippen LogP contribution in [0.3, 0.4) is 0 Å². The van der Waals surface area contributed by atoms with Gasteiger partial charge in [-0.1, -0.05) is 31.9 Å².